The quantitative estimate of drug-likeness (QED) is 0.895. The second-order valence-electron chi connectivity index (χ2n) is 5.26. The second kappa shape index (κ2) is 7.06. The lowest BCUT2D eigenvalue weighted by molar-refractivity contribution is -0.137. The van der Waals surface area contributed by atoms with E-state index in [0.717, 1.165) is 12.8 Å². The van der Waals surface area contributed by atoms with Crippen LogP contribution in [0.4, 0.5) is 0 Å². The van der Waals surface area contributed by atoms with Crippen molar-refractivity contribution in [2.75, 3.05) is 20.2 Å². The van der Waals surface area contributed by atoms with Gasteiger partial charge in [0, 0.05) is 31.8 Å². The first-order valence-electron chi connectivity index (χ1n) is 7.11. The Hall–Kier alpha value is -2.11. The first-order chi connectivity index (χ1) is 10.1. The molecule has 0 atom stereocenters. The predicted octanol–water partition coefficient (Wildman–Crippen LogP) is 1.81. The third kappa shape index (κ3) is 4.18. The molecule has 0 saturated carbocycles. The largest absolute Gasteiger partial charge is 0.481 e. The van der Waals surface area contributed by atoms with Gasteiger partial charge in [-0.15, -0.1) is 0 Å². The number of carbonyl (C=O) groups excluding carboxylic acids is 1. The van der Waals surface area contributed by atoms with E-state index in [0.29, 0.717) is 36.9 Å². The van der Waals surface area contributed by atoms with Crippen molar-refractivity contribution in [2.24, 2.45) is 5.92 Å². The number of pyridine rings is 1. The van der Waals surface area contributed by atoms with E-state index in [2.05, 4.69) is 4.98 Å². The molecule has 0 radical (unpaired) electrons. The third-order valence-corrected chi connectivity index (χ3v) is 3.86. The number of nitrogens with zero attached hydrogens (tertiary/aromatic N) is 2. The highest BCUT2D eigenvalue weighted by Crippen LogP contribution is 2.23. The molecule has 2 rings (SSSR count). The molecule has 2 heterocycles. The van der Waals surface area contributed by atoms with E-state index in [1.54, 1.807) is 17.0 Å². The molecule has 1 aromatic heterocycles. The summed E-state index contributed by atoms with van der Waals surface area (Å²) in [7, 11) is 1.53. The maximum atomic E-state index is 12.3. The maximum absolute atomic E-state index is 12.3. The summed E-state index contributed by atoms with van der Waals surface area (Å²) >= 11 is 0. The zero-order chi connectivity index (χ0) is 15.2. The van der Waals surface area contributed by atoms with Crippen LogP contribution in [0.2, 0.25) is 0 Å². The lowest BCUT2D eigenvalue weighted by Gasteiger charge is -2.31. The molecule has 1 fully saturated rings. The molecule has 1 amide bonds. The average molecular weight is 292 g/mol. The molecule has 1 aromatic rings. The molecule has 6 nitrogen and oxygen atoms in total. The Balaban J connectivity index is 1.86. The molecule has 1 aliphatic heterocycles. The molecule has 1 N–H and O–H groups in total. The fourth-order valence-electron chi connectivity index (χ4n) is 2.56. The van der Waals surface area contributed by atoms with Crippen molar-refractivity contribution in [3.63, 3.8) is 0 Å². The molecule has 0 aromatic carbocycles. The Morgan fingerprint density at radius 1 is 1.38 bits per heavy atom. The van der Waals surface area contributed by atoms with E-state index >= 15 is 0 Å². The van der Waals surface area contributed by atoms with Gasteiger partial charge in [0.05, 0.1) is 12.7 Å². The van der Waals surface area contributed by atoms with E-state index in [4.69, 9.17) is 9.84 Å². The van der Waals surface area contributed by atoms with Gasteiger partial charge < -0.3 is 14.7 Å². The monoisotopic (exact) mass is 292 g/mol. The van der Waals surface area contributed by atoms with E-state index in [1.807, 2.05) is 0 Å². The highest BCUT2D eigenvalue weighted by molar-refractivity contribution is 5.94. The fraction of sp³-hybridized carbons (Fsp3) is 0.533. The van der Waals surface area contributed by atoms with Crippen LogP contribution in [0.15, 0.2) is 18.3 Å². The standard InChI is InChI=1S/C15H20N2O4/c1-21-13-4-3-12(10-16-13)15(20)17-8-6-11(7-9-17)2-5-14(18)19/h3-4,10-11H,2,5-9H2,1H3,(H,18,19). The van der Waals surface area contributed by atoms with Crippen LogP contribution in [0.3, 0.4) is 0 Å². The van der Waals surface area contributed by atoms with Gasteiger partial charge >= 0.3 is 5.97 Å². The number of carbonyl (C=O) groups is 2. The van der Waals surface area contributed by atoms with E-state index in [-0.39, 0.29) is 12.3 Å². The highest BCUT2D eigenvalue weighted by Gasteiger charge is 2.24. The molecular formula is C15H20N2O4. The minimum Gasteiger partial charge on any atom is -0.481 e. The summed E-state index contributed by atoms with van der Waals surface area (Å²) in [5.41, 5.74) is 0.555. The normalized spacial score (nSPS) is 15.8. The number of hydrogen-bond donors (Lipinski definition) is 1. The smallest absolute Gasteiger partial charge is 0.303 e. The van der Waals surface area contributed by atoms with Crippen LogP contribution in [0.5, 0.6) is 5.88 Å². The number of aromatic nitrogens is 1. The van der Waals surface area contributed by atoms with Gasteiger partial charge in [0.1, 0.15) is 0 Å². The van der Waals surface area contributed by atoms with E-state index in [9.17, 15) is 9.59 Å². The number of aliphatic carboxylic acids is 1. The summed E-state index contributed by atoms with van der Waals surface area (Å²) in [4.78, 5) is 28.7. The molecule has 0 bridgehead atoms. The predicted molar refractivity (Wildman–Crippen MR) is 76.3 cm³/mol. The van der Waals surface area contributed by atoms with Gasteiger partial charge in [0.15, 0.2) is 0 Å². The zero-order valence-corrected chi connectivity index (χ0v) is 12.1. The van der Waals surface area contributed by atoms with Crippen LogP contribution in [0.25, 0.3) is 0 Å². The van der Waals surface area contributed by atoms with Crippen LogP contribution >= 0.6 is 0 Å². The lowest BCUT2D eigenvalue weighted by Crippen LogP contribution is -2.38. The number of hydrogen-bond acceptors (Lipinski definition) is 4. The van der Waals surface area contributed by atoms with Crippen molar-refractivity contribution >= 4 is 11.9 Å². The molecule has 21 heavy (non-hydrogen) atoms. The van der Waals surface area contributed by atoms with Gasteiger partial charge in [-0.3, -0.25) is 9.59 Å². The molecule has 0 aliphatic carbocycles. The first-order valence-corrected chi connectivity index (χ1v) is 7.11. The number of rotatable bonds is 5. The first kappa shape index (κ1) is 15.3. The average Bonchev–Trinajstić information content (AvgIpc) is 2.53. The van der Waals surface area contributed by atoms with Crippen molar-refractivity contribution in [1.82, 2.24) is 9.88 Å². The van der Waals surface area contributed by atoms with Crippen LogP contribution < -0.4 is 4.74 Å². The highest BCUT2D eigenvalue weighted by atomic mass is 16.5. The van der Waals surface area contributed by atoms with Crippen molar-refractivity contribution in [1.29, 1.82) is 0 Å². The molecule has 0 spiro atoms. The number of methoxy groups -OCH3 is 1. The summed E-state index contributed by atoms with van der Waals surface area (Å²) in [6, 6.07) is 3.39. The van der Waals surface area contributed by atoms with Gasteiger partial charge in [-0.1, -0.05) is 0 Å². The number of carboxylic acids is 1. The molecule has 114 valence electrons. The van der Waals surface area contributed by atoms with Crippen LogP contribution in [0.1, 0.15) is 36.0 Å². The summed E-state index contributed by atoms with van der Waals surface area (Å²) < 4.78 is 4.97. The molecule has 1 aliphatic rings. The third-order valence-electron chi connectivity index (χ3n) is 3.86. The molecular weight excluding hydrogens is 272 g/mol. The van der Waals surface area contributed by atoms with Crippen LogP contribution in [-0.4, -0.2) is 47.1 Å². The number of piperidine rings is 1. The zero-order valence-electron chi connectivity index (χ0n) is 12.1. The Bertz CT molecular complexity index is 493. The fourth-order valence-corrected chi connectivity index (χ4v) is 2.56. The Kier molecular flexibility index (Phi) is 5.14. The van der Waals surface area contributed by atoms with Crippen molar-refractivity contribution < 1.29 is 19.4 Å². The lowest BCUT2D eigenvalue weighted by atomic mass is 9.92. The summed E-state index contributed by atoms with van der Waals surface area (Å²) in [5, 5.41) is 8.69. The Morgan fingerprint density at radius 2 is 2.10 bits per heavy atom. The summed E-state index contributed by atoms with van der Waals surface area (Å²) in [6.45, 7) is 1.35. The van der Waals surface area contributed by atoms with Crippen molar-refractivity contribution in [3.05, 3.63) is 23.9 Å². The molecule has 6 heteroatoms. The minimum absolute atomic E-state index is 0.0261. The summed E-state index contributed by atoms with van der Waals surface area (Å²) in [5.74, 6) is 0.109. The van der Waals surface area contributed by atoms with Crippen molar-refractivity contribution in [2.45, 2.75) is 25.7 Å². The Morgan fingerprint density at radius 3 is 2.62 bits per heavy atom. The maximum Gasteiger partial charge on any atom is 0.303 e. The van der Waals surface area contributed by atoms with Gasteiger partial charge in [0.25, 0.3) is 5.91 Å². The molecule has 0 unspecified atom stereocenters. The van der Waals surface area contributed by atoms with Crippen molar-refractivity contribution in [3.8, 4) is 5.88 Å². The van der Waals surface area contributed by atoms with Crippen LogP contribution in [0, 0.1) is 5.92 Å². The van der Waals surface area contributed by atoms with Gasteiger partial charge in [-0.25, -0.2) is 4.98 Å². The number of carboxylic acid groups (broad SMARTS) is 1. The van der Waals surface area contributed by atoms with E-state index < -0.39 is 5.97 Å². The number of ether oxygens (including phenoxy) is 1. The van der Waals surface area contributed by atoms with Crippen LogP contribution in [-0.2, 0) is 4.79 Å². The number of amides is 1. The Labute approximate surface area is 123 Å². The topological polar surface area (TPSA) is 79.7 Å². The van der Waals surface area contributed by atoms with E-state index in [1.165, 1.54) is 13.3 Å². The van der Waals surface area contributed by atoms with Gasteiger partial charge in [0.2, 0.25) is 5.88 Å². The number of likely N-dealkylation sites (tertiary alicyclic amines) is 1. The summed E-state index contributed by atoms with van der Waals surface area (Å²) in [6.07, 6.45) is 4.16. The minimum atomic E-state index is -0.752. The SMILES string of the molecule is COc1ccc(C(=O)N2CCC(CCC(=O)O)CC2)cn1. The molecule has 1 saturated heterocycles. The van der Waals surface area contributed by atoms with Gasteiger partial charge in [-0.05, 0) is 31.2 Å². The van der Waals surface area contributed by atoms with Gasteiger partial charge in [-0.2, -0.15) is 0 Å². The second-order valence-corrected chi connectivity index (χ2v) is 5.26.